The molecule has 0 radical (unpaired) electrons. The first-order valence-corrected chi connectivity index (χ1v) is 6.91. The van der Waals surface area contributed by atoms with E-state index in [1.54, 1.807) is 25.3 Å². The Morgan fingerprint density at radius 1 is 1.39 bits per heavy atom. The smallest absolute Gasteiger partial charge is 0.238 e. The maximum atomic E-state index is 11.7. The molecule has 0 aliphatic heterocycles. The van der Waals surface area contributed by atoms with Gasteiger partial charge in [-0.3, -0.25) is 4.79 Å². The van der Waals surface area contributed by atoms with Crippen molar-refractivity contribution in [2.24, 2.45) is 5.14 Å². The third-order valence-corrected chi connectivity index (χ3v) is 3.42. The zero-order chi connectivity index (χ0) is 13.8. The molecule has 0 saturated heterocycles. The summed E-state index contributed by atoms with van der Waals surface area (Å²) in [6.45, 7) is 3.55. The van der Waals surface area contributed by atoms with E-state index in [9.17, 15) is 13.2 Å². The van der Waals surface area contributed by atoms with Crippen LogP contribution in [0, 0.1) is 0 Å². The fraction of sp³-hybridized carbons (Fsp3) is 0.250. The molecular formula is C12H16N2O3S. The topological polar surface area (TPSA) is 80.5 Å². The van der Waals surface area contributed by atoms with Gasteiger partial charge < -0.3 is 4.90 Å². The highest BCUT2D eigenvalue weighted by atomic mass is 32.2. The van der Waals surface area contributed by atoms with Crippen LogP contribution in [0.3, 0.4) is 0 Å². The van der Waals surface area contributed by atoms with Gasteiger partial charge in [-0.1, -0.05) is 6.08 Å². The number of hydrogen-bond acceptors (Lipinski definition) is 3. The maximum absolute atomic E-state index is 11.7. The highest BCUT2D eigenvalue weighted by molar-refractivity contribution is 7.89. The third kappa shape index (κ3) is 3.68. The van der Waals surface area contributed by atoms with Crippen molar-refractivity contribution >= 4 is 21.6 Å². The molecule has 6 heteroatoms. The van der Waals surface area contributed by atoms with Gasteiger partial charge in [-0.25, -0.2) is 13.6 Å². The number of hydrogen-bond donors (Lipinski definition) is 1. The highest BCUT2D eigenvalue weighted by Crippen LogP contribution is 2.17. The van der Waals surface area contributed by atoms with E-state index < -0.39 is 10.0 Å². The van der Waals surface area contributed by atoms with Crippen molar-refractivity contribution in [2.75, 3.05) is 11.9 Å². The SMILES string of the molecule is C=CCCC(=O)N(C)c1ccc(S(N)(=O)=O)cc1. The average molecular weight is 268 g/mol. The van der Waals surface area contributed by atoms with Gasteiger partial charge in [0.1, 0.15) is 0 Å². The van der Waals surface area contributed by atoms with Crippen molar-refractivity contribution in [1.29, 1.82) is 0 Å². The van der Waals surface area contributed by atoms with Crippen LogP contribution < -0.4 is 10.0 Å². The molecule has 1 rings (SSSR count). The first kappa shape index (κ1) is 14.4. The van der Waals surface area contributed by atoms with Crippen LogP contribution in [-0.4, -0.2) is 21.4 Å². The number of anilines is 1. The average Bonchev–Trinajstić information content (AvgIpc) is 2.34. The molecule has 0 fully saturated rings. The summed E-state index contributed by atoms with van der Waals surface area (Å²) in [7, 11) is -2.06. The van der Waals surface area contributed by atoms with Crippen molar-refractivity contribution < 1.29 is 13.2 Å². The van der Waals surface area contributed by atoms with Crippen molar-refractivity contribution in [3.05, 3.63) is 36.9 Å². The lowest BCUT2D eigenvalue weighted by molar-refractivity contribution is -0.118. The summed E-state index contributed by atoms with van der Waals surface area (Å²) in [5, 5.41) is 4.99. The number of amides is 1. The largest absolute Gasteiger partial charge is 0.315 e. The van der Waals surface area contributed by atoms with Crippen molar-refractivity contribution in [1.82, 2.24) is 0 Å². The molecule has 0 bridgehead atoms. The minimum absolute atomic E-state index is 0.0261. The molecule has 2 N–H and O–H groups in total. The monoisotopic (exact) mass is 268 g/mol. The second kappa shape index (κ2) is 5.79. The van der Waals surface area contributed by atoms with E-state index in [1.165, 1.54) is 17.0 Å². The molecule has 0 aliphatic rings. The Hall–Kier alpha value is -1.66. The van der Waals surface area contributed by atoms with Crippen LogP contribution in [0.25, 0.3) is 0 Å². The van der Waals surface area contributed by atoms with E-state index in [2.05, 4.69) is 6.58 Å². The van der Waals surface area contributed by atoms with Crippen LogP contribution in [0.4, 0.5) is 5.69 Å². The van der Waals surface area contributed by atoms with Gasteiger partial charge in [0.25, 0.3) is 0 Å². The summed E-state index contributed by atoms with van der Waals surface area (Å²) in [4.78, 5) is 13.2. The van der Waals surface area contributed by atoms with E-state index >= 15 is 0 Å². The Bertz CT molecular complexity index is 535. The lowest BCUT2D eigenvalue weighted by atomic mass is 10.2. The number of primary sulfonamides is 1. The summed E-state index contributed by atoms with van der Waals surface area (Å²) < 4.78 is 22.2. The fourth-order valence-corrected chi connectivity index (χ4v) is 1.91. The molecule has 1 amide bonds. The number of nitrogens with two attached hydrogens (primary N) is 1. The summed E-state index contributed by atoms with van der Waals surface area (Å²) in [5.74, 6) is -0.0572. The lowest BCUT2D eigenvalue weighted by Gasteiger charge is -2.17. The van der Waals surface area contributed by atoms with Crippen LogP contribution >= 0.6 is 0 Å². The molecule has 18 heavy (non-hydrogen) atoms. The van der Waals surface area contributed by atoms with E-state index in [0.29, 0.717) is 18.5 Å². The molecule has 0 unspecified atom stereocenters. The number of carbonyl (C=O) groups is 1. The second-order valence-corrected chi connectivity index (χ2v) is 5.38. The minimum Gasteiger partial charge on any atom is -0.315 e. The maximum Gasteiger partial charge on any atom is 0.238 e. The summed E-state index contributed by atoms with van der Waals surface area (Å²) >= 11 is 0. The number of rotatable bonds is 5. The predicted octanol–water partition coefficient (Wildman–Crippen LogP) is 1.26. The molecule has 0 heterocycles. The highest BCUT2D eigenvalue weighted by Gasteiger charge is 2.12. The lowest BCUT2D eigenvalue weighted by Crippen LogP contribution is -2.25. The number of allylic oxidation sites excluding steroid dienone is 1. The van der Waals surface area contributed by atoms with E-state index in [4.69, 9.17) is 5.14 Å². The first-order chi connectivity index (χ1) is 8.36. The molecule has 98 valence electrons. The summed E-state index contributed by atoms with van der Waals surface area (Å²) in [5.41, 5.74) is 0.622. The summed E-state index contributed by atoms with van der Waals surface area (Å²) in [6.07, 6.45) is 2.66. The number of sulfonamides is 1. The van der Waals surface area contributed by atoms with Crippen LogP contribution in [0.15, 0.2) is 41.8 Å². The van der Waals surface area contributed by atoms with Gasteiger partial charge >= 0.3 is 0 Å². The van der Waals surface area contributed by atoms with Crippen LogP contribution in [0.5, 0.6) is 0 Å². The van der Waals surface area contributed by atoms with Crippen LogP contribution in [-0.2, 0) is 14.8 Å². The molecule has 1 aromatic carbocycles. The van der Waals surface area contributed by atoms with Gasteiger partial charge in [-0.2, -0.15) is 0 Å². The van der Waals surface area contributed by atoms with Crippen molar-refractivity contribution in [2.45, 2.75) is 17.7 Å². The normalized spacial score (nSPS) is 11.0. The van der Waals surface area contributed by atoms with Gasteiger partial charge in [-0.05, 0) is 30.7 Å². The van der Waals surface area contributed by atoms with E-state index in [1.807, 2.05) is 0 Å². The van der Waals surface area contributed by atoms with Gasteiger partial charge in [0.05, 0.1) is 4.90 Å². The molecule has 1 aromatic rings. The first-order valence-electron chi connectivity index (χ1n) is 5.36. The van der Waals surface area contributed by atoms with Gasteiger partial charge in [0.2, 0.25) is 15.9 Å². The standard InChI is InChI=1S/C12H16N2O3S/c1-3-4-5-12(15)14(2)10-6-8-11(9-7-10)18(13,16)17/h3,6-9H,1,4-5H2,2H3,(H2,13,16,17). The fourth-order valence-electron chi connectivity index (χ4n) is 1.40. The molecule has 0 atom stereocenters. The number of carbonyl (C=O) groups excluding carboxylic acids is 1. The van der Waals surface area contributed by atoms with E-state index in [-0.39, 0.29) is 10.8 Å². The van der Waals surface area contributed by atoms with Crippen LogP contribution in [0.2, 0.25) is 0 Å². The quantitative estimate of drug-likeness (QED) is 0.816. The molecule has 0 aliphatic carbocycles. The Kier molecular flexibility index (Phi) is 4.63. The zero-order valence-electron chi connectivity index (χ0n) is 10.2. The summed E-state index contributed by atoms with van der Waals surface area (Å²) in [6, 6.07) is 5.85. The molecule has 5 nitrogen and oxygen atoms in total. The van der Waals surface area contributed by atoms with Crippen molar-refractivity contribution in [3.63, 3.8) is 0 Å². The van der Waals surface area contributed by atoms with Gasteiger partial charge in [0, 0.05) is 19.2 Å². The Labute approximate surface area is 107 Å². The van der Waals surface area contributed by atoms with Crippen molar-refractivity contribution in [3.8, 4) is 0 Å². The zero-order valence-corrected chi connectivity index (χ0v) is 11.0. The van der Waals surface area contributed by atoms with Crippen LogP contribution in [0.1, 0.15) is 12.8 Å². The molecule has 0 aromatic heterocycles. The number of nitrogens with zero attached hydrogens (tertiary/aromatic N) is 1. The van der Waals surface area contributed by atoms with Gasteiger partial charge in [-0.15, -0.1) is 6.58 Å². The molecule has 0 spiro atoms. The second-order valence-electron chi connectivity index (χ2n) is 3.82. The number of benzene rings is 1. The third-order valence-electron chi connectivity index (χ3n) is 2.49. The Morgan fingerprint density at radius 2 is 1.94 bits per heavy atom. The predicted molar refractivity (Wildman–Crippen MR) is 70.7 cm³/mol. The Balaban J connectivity index is 2.85. The molecular weight excluding hydrogens is 252 g/mol. The van der Waals surface area contributed by atoms with Gasteiger partial charge in [0.15, 0.2) is 0 Å². The Morgan fingerprint density at radius 3 is 2.39 bits per heavy atom. The molecule has 0 saturated carbocycles. The van der Waals surface area contributed by atoms with E-state index in [0.717, 1.165) is 0 Å². The minimum atomic E-state index is -3.70.